The molecule has 1 heterocycles. The lowest BCUT2D eigenvalue weighted by atomic mass is 9.56. The van der Waals surface area contributed by atoms with E-state index in [9.17, 15) is 15.0 Å². The normalized spacial score (nSPS) is 27.4. The smallest absolute Gasteiger partial charge is 0.249 e. The molecule has 1 amide bonds. The van der Waals surface area contributed by atoms with Gasteiger partial charge in [-0.25, -0.2) is 0 Å². The number of fused-ring (bicyclic) bond motifs is 1. The summed E-state index contributed by atoms with van der Waals surface area (Å²) < 4.78 is 5.81. The lowest BCUT2D eigenvalue weighted by Gasteiger charge is -2.55. The van der Waals surface area contributed by atoms with Crippen molar-refractivity contribution < 1.29 is 19.7 Å². The Hall–Kier alpha value is -2.83. The SMILES string of the molecule is CCc1ccc(O)c(OC)c1[C@]12CCN(CC3CC3)[C@H](C)C1C=C(C(=O)NCCc1ccccc1)C(O)C2. The molecule has 6 nitrogen and oxygen atoms in total. The predicted octanol–water partition coefficient (Wildman–Crippen LogP) is 4.37. The topological polar surface area (TPSA) is 82.0 Å². The van der Waals surface area contributed by atoms with Gasteiger partial charge in [0.2, 0.25) is 5.91 Å². The Labute approximate surface area is 226 Å². The van der Waals surface area contributed by atoms with Gasteiger partial charge >= 0.3 is 0 Å². The molecule has 1 aliphatic heterocycles. The fourth-order valence-electron chi connectivity index (χ4n) is 6.94. The second kappa shape index (κ2) is 11.1. The van der Waals surface area contributed by atoms with E-state index in [1.54, 1.807) is 13.2 Å². The number of phenols is 1. The molecule has 0 radical (unpaired) electrons. The van der Waals surface area contributed by atoms with Crippen molar-refractivity contribution in [3.63, 3.8) is 0 Å². The summed E-state index contributed by atoms with van der Waals surface area (Å²) in [6.07, 6.45) is 6.58. The molecule has 38 heavy (non-hydrogen) atoms. The summed E-state index contributed by atoms with van der Waals surface area (Å²) in [5.41, 5.74) is 3.34. The van der Waals surface area contributed by atoms with E-state index in [0.717, 1.165) is 49.4 Å². The van der Waals surface area contributed by atoms with Gasteiger partial charge in [-0.2, -0.15) is 0 Å². The number of amides is 1. The minimum Gasteiger partial charge on any atom is -0.504 e. The van der Waals surface area contributed by atoms with Crippen molar-refractivity contribution >= 4 is 5.91 Å². The summed E-state index contributed by atoms with van der Waals surface area (Å²) >= 11 is 0. The minimum absolute atomic E-state index is 0.00859. The number of aryl methyl sites for hydroxylation is 1. The average Bonchev–Trinajstić information content (AvgIpc) is 3.74. The van der Waals surface area contributed by atoms with Gasteiger partial charge in [0.1, 0.15) is 0 Å². The number of hydrogen-bond donors (Lipinski definition) is 3. The van der Waals surface area contributed by atoms with Crippen LogP contribution in [0.25, 0.3) is 0 Å². The van der Waals surface area contributed by atoms with Crippen LogP contribution < -0.4 is 10.1 Å². The molecule has 0 bridgehead atoms. The molecule has 6 heteroatoms. The number of carbonyl (C=O) groups is 1. The highest BCUT2D eigenvalue weighted by Crippen LogP contribution is 2.55. The van der Waals surface area contributed by atoms with E-state index >= 15 is 0 Å². The van der Waals surface area contributed by atoms with Crippen molar-refractivity contribution in [3.8, 4) is 11.5 Å². The number of methoxy groups -OCH3 is 1. The second-order valence-corrected chi connectivity index (χ2v) is 11.4. The van der Waals surface area contributed by atoms with Crippen LogP contribution in [-0.2, 0) is 23.1 Å². The van der Waals surface area contributed by atoms with E-state index in [1.807, 2.05) is 24.3 Å². The zero-order valence-electron chi connectivity index (χ0n) is 23.0. The Morgan fingerprint density at radius 3 is 2.63 bits per heavy atom. The standard InChI is InChI=1S/C32H42N2O4/c1-4-24-12-13-27(35)30(38-3)29(24)32-15-17-34(20-23-10-11-23)21(2)26(32)18-25(28(36)19-32)31(37)33-16-14-22-8-6-5-7-9-22/h5-9,12-13,18,21,23,26,28,35-36H,4,10-11,14-17,19-20H2,1-3H3,(H,33,37)/t21-,26?,28?,32+/m1/s1. The summed E-state index contributed by atoms with van der Waals surface area (Å²) in [5, 5.41) is 25.3. The van der Waals surface area contributed by atoms with Crippen molar-refractivity contribution in [2.45, 2.75) is 69.9 Å². The summed E-state index contributed by atoms with van der Waals surface area (Å²) in [6.45, 7) is 6.91. The number of nitrogens with zero attached hydrogens (tertiary/aromatic N) is 1. The molecule has 2 aliphatic carbocycles. The third kappa shape index (κ3) is 5.08. The van der Waals surface area contributed by atoms with Crippen LogP contribution in [0.1, 0.15) is 56.2 Å². The molecule has 2 fully saturated rings. The van der Waals surface area contributed by atoms with Gasteiger partial charge < -0.3 is 20.3 Å². The van der Waals surface area contributed by atoms with Gasteiger partial charge in [0.15, 0.2) is 11.5 Å². The predicted molar refractivity (Wildman–Crippen MR) is 149 cm³/mol. The number of hydrogen-bond acceptors (Lipinski definition) is 5. The first kappa shape index (κ1) is 26.8. The highest BCUT2D eigenvalue weighted by Gasteiger charge is 2.54. The Morgan fingerprint density at radius 2 is 1.95 bits per heavy atom. The van der Waals surface area contributed by atoms with Crippen molar-refractivity contribution in [1.29, 1.82) is 0 Å². The highest BCUT2D eigenvalue weighted by molar-refractivity contribution is 5.94. The highest BCUT2D eigenvalue weighted by atomic mass is 16.5. The van der Waals surface area contributed by atoms with Crippen LogP contribution in [0.4, 0.5) is 0 Å². The van der Waals surface area contributed by atoms with Crippen molar-refractivity contribution in [1.82, 2.24) is 10.2 Å². The fourth-order valence-corrected chi connectivity index (χ4v) is 6.94. The largest absolute Gasteiger partial charge is 0.504 e. The molecular weight excluding hydrogens is 476 g/mol. The maximum atomic E-state index is 13.4. The van der Waals surface area contributed by atoms with Crippen LogP contribution in [0.3, 0.4) is 0 Å². The number of benzene rings is 2. The maximum absolute atomic E-state index is 13.4. The molecule has 2 aromatic carbocycles. The monoisotopic (exact) mass is 518 g/mol. The molecule has 204 valence electrons. The van der Waals surface area contributed by atoms with Crippen LogP contribution in [0.15, 0.2) is 54.1 Å². The van der Waals surface area contributed by atoms with E-state index in [4.69, 9.17) is 4.74 Å². The van der Waals surface area contributed by atoms with Gasteiger partial charge in [0.25, 0.3) is 0 Å². The second-order valence-electron chi connectivity index (χ2n) is 11.4. The zero-order chi connectivity index (χ0) is 26.9. The number of aliphatic hydroxyl groups is 1. The molecule has 3 aliphatic rings. The molecule has 4 atom stereocenters. The van der Waals surface area contributed by atoms with E-state index in [1.165, 1.54) is 18.4 Å². The van der Waals surface area contributed by atoms with Crippen LogP contribution in [0, 0.1) is 11.8 Å². The van der Waals surface area contributed by atoms with Gasteiger partial charge in [-0.05, 0) is 75.1 Å². The molecule has 1 saturated heterocycles. The van der Waals surface area contributed by atoms with Gasteiger partial charge in [0, 0.05) is 41.6 Å². The number of phenolic OH excluding ortho intramolecular Hbond substituents is 1. The van der Waals surface area contributed by atoms with Gasteiger partial charge in [0.05, 0.1) is 13.2 Å². The third-order valence-corrected chi connectivity index (χ3v) is 9.15. The van der Waals surface area contributed by atoms with Crippen molar-refractivity contribution in [3.05, 3.63) is 70.8 Å². The lowest BCUT2D eigenvalue weighted by molar-refractivity contribution is -0.119. The Balaban J connectivity index is 1.49. The van der Waals surface area contributed by atoms with Crippen molar-refractivity contribution in [2.24, 2.45) is 11.8 Å². The van der Waals surface area contributed by atoms with E-state index in [-0.39, 0.29) is 23.6 Å². The van der Waals surface area contributed by atoms with Crippen molar-refractivity contribution in [2.75, 3.05) is 26.7 Å². The number of piperidine rings is 1. The Bertz CT molecular complexity index is 1180. The van der Waals surface area contributed by atoms with Gasteiger partial charge in [-0.3, -0.25) is 9.69 Å². The molecule has 5 rings (SSSR count). The number of likely N-dealkylation sites (tertiary alicyclic amines) is 1. The van der Waals surface area contributed by atoms with E-state index < -0.39 is 11.5 Å². The number of aromatic hydroxyl groups is 1. The van der Waals surface area contributed by atoms with Crippen LogP contribution in [0.2, 0.25) is 0 Å². The summed E-state index contributed by atoms with van der Waals surface area (Å²) in [6, 6.07) is 14.0. The fraction of sp³-hybridized carbons (Fsp3) is 0.531. The molecule has 0 spiro atoms. The molecule has 2 aromatic rings. The number of nitrogens with one attached hydrogen (secondary N) is 1. The first-order valence-corrected chi connectivity index (χ1v) is 14.2. The average molecular weight is 519 g/mol. The van der Waals surface area contributed by atoms with Gasteiger partial charge in [-0.1, -0.05) is 49.4 Å². The lowest BCUT2D eigenvalue weighted by Crippen LogP contribution is -2.58. The minimum atomic E-state index is -0.887. The maximum Gasteiger partial charge on any atom is 0.249 e. The number of aliphatic hydroxyl groups excluding tert-OH is 1. The summed E-state index contributed by atoms with van der Waals surface area (Å²) in [5.74, 6) is 1.23. The molecule has 2 unspecified atom stereocenters. The summed E-state index contributed by atoms with van der Waals surface area (Å²) in [4.78, 5) is 15.9. The van der Waals surface area contributed by atoms with E-state index in [2.05, 4.69) is 42.3 Å². The molecule has 3 N–H and O–H groups in total. The van der Waals surface area contributed by atoms with Gasteiger partial charge in [-0.15, -0.1) is 0 Å². The first-order valence-electron chi connectivity index (χ1n) is 14.2. The summed E-state index contributed by atoms with van der Waals surface area (Å²) in [7, 11) is 1.61. The van der Waals surface area contributed by atoms with Crippen LogP contribution in [-0.4, -0.2) is 59.9 Å². The molecule has 1 saturated carbocycles. The first-order chi connectivity index (χ1) is 18.4. The molecule has 0 aromatic heterocycles. The number of carbonyl (C=O) groups excluding carboxylic acids is 1. The quantitative estimate of drug-likeness (QED) is 0.459. The molecular formula is C32H42N2O4. The number of ether oxygens (including phenoxy) is 1. The van der Waals surface area contributed by atoms with Crippen LogP contribution in [0.5, 0.6) is 11.5 Å². The third-order valence-electron chi connectivity index (χ3n) is 9.15. The Kier molecular flexibility index (Phi) is 7.83. The Morgan fingerprint density at radius 1 is 1.18 bits per heavy atom. The zero-order valence-corrected chi connectivity index (χ0v) is 23.0. The number of rotatable bonds is 9. The van der Waals surface area contributed by atoms with Crippen LogP contribution >= 0.6 is 0 Å². The van der Waals surface area contributed by atoms with E-state index in [0.29, 0.717) is 24.3 Å².